The van der Waals surface area contributed by atoms with Crippen molar-refractivity contribution in [2.24, 2.45) is 0 Å². The molecule has 1 atom stereocenters. The van der Waals surface area contributed by atoms with Gasteiger partial charge in [0.05, 0.1) is 23.9 Å². The van der Waals surface area contributed by atoms with Gasteiger partial charge in [0.15, 0.2) is 11.4 Å². The number of nitrogens with zero attached hydrogens (tertiary/aromatic N) is 1. The van der Waals surface area contributed by atoms with E-state index in [0.717, 1.165) is 4.47 Å². The zero-order chi connectivity index (χ0) is 17.6. The summed E-state index contributed by atoms with van der Waals surface area (Å²) in [6.07, 6.45) is 1.19. The van der Waals surface area contributed by atoms with E-state index in [-0.39, 0.29) is 12.2 Å². The molecule has 0 saturated carbocycles. The van der Waals surface area contributed by atoms with E-state index in [4.69, 9.17) is 4.42 Å². The quantitative estimate of drug-likeness (QED) is 0.809. The topological polar surface area (TPSA) is 70.8 Å². The summed E-state index contributed by atoms with van der Waals surface area (Å²) in [5.74, 6) is -0.280. The molecule has 0 aliphatic carbocycles. The summed E-state index contributed by atoms with van der Waals surface area (Å²) >= 11 is 3.37. The standard InChI is InChI=1S/C18H18BrNO4/c1-4-20-14-6-5-12(19)7-13(14)18(23,17(20)22)8-15(21)16-10(2)9-24-11(16)3/h5-7,9,23H,4,8H2,1-3H3. The summed E-state index contributed by atoms with van der Waals surface area (Å²) in [5, 5.41) is 11.1. The molecule has 1 unspecified atom stereocenters. The summed E-state index contributed by atoms with van der Waals surface area (Å²) < 4.78 is 6.01. The molecule has 1 aliphatic heterocycles. The average molecular weight is 392 g/mol. The highest BCUT2D eigenvalue weighted by molar-refractivity contribution is 9.10. The molecule has 3 rings (SSSR count). The van der Waals surface area contributed by atoms with E-state index in [2.05, 4.69) is 15.9 Å². The van der Waals surface area contributed by atoms with Crippen molar-refractivity contribution in [2.45, 2.75) is 32.8 Å². The Bertz CT molecular complexity index is 822. The number of fused-ring (bicyclic) bond motifs is 1. The smallest absolute Gasteiger partial charge is 0.264 e. The molecular weight excluding hydrogens is 374 g/mol. The Morgan fingerprint density at radius 3 is 2.67 bits per heavy atom. The Morgan fingerprint density at radius 1 is 1.38 bits per heavy atom. The van der Waals surface area contributed by atoms with Gasteiger partial charge in [-0.2, -0.15) is 0 Å². The summed E-state index contributed by atoms with van der Waals surface area (Å²) in [6.45, 7) is 5.73. The number of carbonyl (C=O) groups excluding carboxylic acids is 2. The second kappa shape index (κ2) is 5.86. The summed E-state index contributed by atoms with van der Waals surface area (Å²) in [7, 11) is 0. The van der Waals surface area contributed by atoms with Crippen LogP contribution in [0.2, 0.25) is 0 Å². The molecule has 24 heavy (non-hydrogen) atoms. The number of likely N-dealkylation sites (N-methyl/N-ethyl adjacent to an activating group) is 1. The van der Waals surface area contributed by atoms with Gasteiger partial charge >= 0.3 is 0 Å². The molecular formula is C18H18BrNO4. The highest BCUT2D eigenvalue weighted by Crippen LogP contribution is 2.44. The summed E-state index contributed by atoms with van der Waals surface area (Å²) in [6, 6.07) is 5.29. The molecule has 126 valence electrons. The van der Waals surface area contributed by atoms with Gasteiger partial charge in [0.25, 0.3) is 5.91 Å². The lowest BCUT2D eigenvalue weighted by Gasteiger charge is -2.22. The van der Waals surface area contributed by atoms with Gasteiger partial charge in [-0.25, -0.2) is 0 Å². The van der Waals surface area contributed by atoms with E-state index in [9.17, 15) is 14.7 Å². The molecule has 1 aliphatic rings. The van der Waals surface area contributed by atoms with Crippen molar-refractivity contribution in [3.8, 4) is 0 Å². The van der Waals surface area contributed by atoms with Crippen molar-refractivity contribution in [2.75, 3.05) is 11.4 Å². The van der Waals surface area contributed by atoms with Crippen LogP contribution in [-0.4, -0.2) is 23.3 Å². The number of hydrogen-bond donors (Lipinski definition) is 1. The van der Waals surface area contributed by atoms with Crippen molar-refractivity contribution in [1.82, 2.24) is 0 Å². The molecule has 0 bridgehead atoms. The maximum atomic E-state index is 12.8. The van der Waals surface area contributed by atoms with Crippen LogP contribution in [-0.2, 0) is 10.4 Å². The van der Waals surface area contributed by atoms with E-state index < -0.39 is 11.5 Å². The predicted octanol–water partition coefficient (Wildman–Crippen LogP) is 3.49. The van der Waals surface area contributed by atoms with Crippen LogP contribution in [0.3, 0.4) is 0 Å². The monoisotopic (exact) mass is 391 g/mol. The van der Waals surface area contributed by atoms with Crippen LogP contribution in [0.5, 0.6) is 0 Å². The summed E-state index contributed by atoms with van der Waals surface area (Å²) in [4.78, 5) is 27.0. The second-order valence-corrected chi connectivity index (χ2v) is 6.94. The SMILES string of the molecule is CCN1C(=O)C(O)(CC(=O)c2c(C)coc2C)c2cc(Br)ccc21. The fourth-order valence-electron chi connectivity index (χ4n) is 3.32. The lowest BCUT2D eigenvalue weighted by molar-refractivity contribution is -0.135. The molecule has 0 radical (unpaired) electrons. The Balaban J connectivity index is 2.05. The minimum absolute atomic E-state index is 0.307. The number of aryl methyl sites for hydroxylation is 2. The van der Waals surface area contributed by atoms with Gasteiger partial charge in [-0.15, -0.1) is 0 Å². The van der Waals surface area contributed by atoms with Crippen molar-refractivity contribution in [3.05, 3.63) is 51.4 Å². The van der Waals surface area contributed by atoms with Crippen molar-refractivity contribution < 1.29 is 19.1 Å². The number of benzene rings is 1. The van der Waals surface area contributed by atoms with Crippen molar-refractivity contribution >= 4 is 33.3 Å². The third kappa shape index (κ3) is 2.41. The van der Waals surface area contributed by atoms with E-state index in [0.29, 0.717) is 34.7 Å². The maximum Gasteiger partial charge on any atom is 0.264 e. The second-order valence-electron chi connectivity index (χ2n) is 6.02. The molecule has 1 amide bonds. The number of Topliss-reactive ketones (excluding diaryl/α,β-unsaturated/α-hetero) is 1. The van der Waals surface area contributed by atoms with E-state index in [1.165, 1.54) is 11.2 Å². The molecule has 0 saturated heterocycles. The van der Waals surface area contributed by atoms with Crippen molar-refractivity contribution in [1.29, 1.82) is 0 Å². The first-order chi connectivity index (χ1) is 11.3. The lowest BCUT2D eigenvalue weighted by Crippen LogP contribution is -2.41. The van der Waals surface area contributed by atoms with Crippen LogP contribution in [0.4, 0.5) is 5.69 Å². The first-order valence-corrected chi connectivity index (χ1v) is 8.51. The normalized spacial score (nSPS) is 19.7. The third-order valence-corrected chi connectivity index (χ3v) is 4.96. The van der Waals surface area contributed by atoms with Gasteiger partial charge < -0.3 is 14.4 Å². The highest BCUT2D eigenvalue weighted by Gasteiger charge is 2.50. The first-order valence-electron chi connectivity index (χ1n) is 7.72. The van der Waals surface area contributed by atoms with Gasteiger partial charge in [0, 0.05) is 16.6 Å². The Hall–Kier alpha value is -1.92. The molecule has 0 fully saturated rings. The minimum Gasteiger partial charge on any atom is -0.469 e. The molecule has 1 aromatic carbocycles. The number of amides is 1. The van der Waals surface area contributed by atoms with Gasteiger partial charge in [0.1, 0.15) is 5.76 Å². The zero-order valence-electron chi connectivity index (χ0n) is 13.7. The summed E-state index contributed by atoms with van der Waals surface area (Å²) in [5.41, 5.74) is 0.371. The van der Waals surface area contributed by atoms with Gasteiger partial charge in [-0.3, -0.25) is 9.59 Å². The largest absolute Gasteiger partial charge is 0.469 e. The molecule has 1 N–H and O–H groups in total. The predicted molar refractivity (Wildman–Crippen MR) is 93.2 cm³/mol. The van der Waals surface area contributed by atoms with Gasteiger partial charge in [-0.05, 0) is 44.5 Å². The van der Waals surface area contributed by atoms with Gasteiger partial charge in [-0.1, -0.05) is 15.9 Å². The third-order valence-electron chi connectivity index (χ3n) is 4.46. The average Bonchev–Trinajstić information content (AvgIpc) is 2.96. The minimum atomic E-state index is -1.86. The number of furan rings is 1. The molecule has 0 spiro atoms. The number of anilines is 1. The van der Waals surface area contributed by atoms with Crippen molar-refractivity contribution in [3.63, 3.8) is 0 Å². The van der Waals surface area contributed by atoms with Gasteiger partial charge in [0.2, 0.25) is 0 Å². The fourth-order valence-corrected chi connectivity index (χ4v) is 3.68. The van der Waals surface area contributed by atoms with E-state index >= 15 is 0 Å². The molecule has 2 aromatic rings. The number of ketones is 1. The molecule has 2 heterocycles. The number of halogens is 1. The Morgan fingerprint density at radius 2 is 2.08 bits per heavy atom. The fraction of sp³-hybridized carbons (Fsp3) is 0.333. The van der Waals surface area contributed by atoms with E-state index in [1.54, 1.807) is 26.0 Å². The van der Waals surface area contributed by atoms with Crippen LogP contribution in [0.1, 0.15) is 40.6 Å². The lowest BCUT2D eigenvalue weighted by atomic mass is 9.87. The highest BCUT2D eigenvalue weighted by atomic mass is 79.9. The molecule has 5 nitrogen and oxygen atoms in total. The van der Waals surface area contributed by atoms with Crippen LogP contribution in [0.25, 0.3) is 0 Å². The number of rotatable bonds is 4. The zero-order valence-corrected chi connectivity index (χ0v) is 15.3. The molecule has 1 aromatic heterocycles. The number of aliphatic hydroxyl groups is 1. The van der Waals surface area contributed by atoms with Crippen LogP contribution >= 0.6 is 15.9 Å². The Kier molecular flexibility index (Phi) is 4.13. The Labute approximate surface area is 148 Å². The van der Waals surface area contributed by atoms with Crippen LogP contribution < -0.4 is 4.90 Å². The van der Waals surface area contributed by atoms with E-state index in [1.807, 2.05) is 13.0 Å². The number of hydrogen-bond acceptors (Lipinski definition) is 4. The molecule has 6 heteroatoms. The van der Waals surface area contributed by atoms with Crippen LogP contribution in [0, 0.1) is 13.8 Å². The maximum absolute atomic E-state index is 12.8. The first kappa shape index (κ1) is 16.9. The number of carbonyl (C=O) groups is 2. The van der Waals surface area contributed by atoms with Crippen LogP contribution in [0.15, 0.2) is 33.4 Å².